The van der Waals surface area contributed by atoms with Crippen LogP contribution in [0, 0.1) is 19.8 Å². The van der Waals surface area contributed by atoms with Gasteiger partial charge in [-0.2, -0.15) is 0 Å². The summed E-state index contributed by atoms with van der Waals surface area (Å²) in [7, 11) is 0. The zero-order chi connectivity index (χ0) is 12.3. The number of nitrogens with one attached hydrogen (secondary N) is 1. The van der Waals surface area contributed by atoms with Crippen LogP contribution in [0.4, 0.5) is 5.95 Å². The fourth-order valence-corrected chi connectivity index (χ4v) is 2.66. The Morgan fingerprint density at radius 3 is 2.41 bits per heavy atom. The SMILES string of the molecule is Cc1cc(C)nc(NC2CCCCCC2C)n1. The lowest BCUT2D eigenvalue weighted by Crippen LogP contribution is -2.27. The van der Waals surface area contributed by atoms with Gasteiger partial charge in [0.25, 0.3) is 0 Å². The van der Waals surface area contributed by atoms with E-state index in [0.717, 1.165) is 23.3 Å². The molecule has 3 nitrogen and oxygen atoms in total. The molecule has 2 atom stereocenters. The van der Waals surface area contributed by atoms with E-state index in [2.05, 4.69) is 22.2 Å². The lowest BCUT2D eigenvalue weighted by molar-refractivity contribution is 0.454. The average molecular weight is 233 g/mol. The Kier molecular flexibility index (Phi) is 3.97. The van der Waals surface area contributed by atoms with Crippen molar-refractivity contribution >= 4 is 5.95 Å². The zero-order valence-corrected chi connectivity index (χ0v) is 11.2. The summed E-state index contributed by atoms with van der Waals surface area (Å²) in [6.07, 6.45) is 6.63. The van der Waals surface area contributed by atoms with E-state index in [1.54, 1.807) is 0 Å². The second kappa shape index (κ2) is 5.48. The van der Waals surface area contributed by atoms with Gasteiger partial charge in [0, 0.05) is 17.4 Å². The normalized spacial score (nSPS) is 25.4. The topological polar surface area (TPSA) is 37.8 Å². The largest absolute Gasteiger partial charge is 0.351 e. The van der Waals surface area contributed by atoms with E-state index in [9.17, 15) is 0 Å². The predicted molar refractivity (Wildman–Crippen MR) is 71.2 cm³/mol. The number of rotatable bonds is 2. The van der Waals surface area contributed by atoms with Crippen molar-refractivity contribution < 1.29 is 0 Å². The summed E-state index contributed by atoms with van der Waals surface area (Å²) >= 11 is 0. The first-order valence-corrected chi connectivity index (χ1v) is 6.74. The summed E-state index contributed by atoms with van der Waals surface area (Å²) in [6.45, 7) is 6.39. The van der Waals surface area contributed by atoms with E-state index in [1.165, 1.54) is 32.1 Å². The third-order valence-electron chi connectivity index (χ3n) is 3.66. The summed E-state index contributed by atoms with van der Waals surface area (Å²) in [5.41, 5.74) is 2.09. The third-order valence-corrected chi connectivity index (χ3v) is 3.66. The molecule has 0 aliphatic heterocycles. The van der Waals surface area contributed by atoms with Crippen molar-refractivity contribution in [2.24, 2.45) is 5.92 Å². The molecule has 17 heavy (non-hydrogen) atoms. The lowest BCUT2D eigenvalue weighted by Gasteiger charge is -2.23. The molecular formula is C14H23N3. The predicted octanol–water partition coefficient (Wildman–Crippen LogP) is 3.47. The number of hydrogen-bond donors (Lipinski definition) is 1. The maximum atomic E-state index is 4.47. The van der Waals surface area contributed by atoms with Gasteiger partial charge < -0.3 is 5.32 Å². The first kappa shape index (κ1) is 12.3. The van der Waals surface area contributed by atoms with Gasteiger partial charge in [-0.15, -0.1) is 0 Å². The molecular weight excluding hydrogens is 210 g/mol. The Bertz CT molecular complexity index is 355. The molecule has 1 saturated carbocycles. The maximum Gasteiger partial charge on any atom is 0.223 e. The van der Waals surface area contributed by atoms with Crippen LogP contribution >= 0.6 is 0 Å². The molecule has 0 radical (unpaired) electrons. The van der Waals surface area contributed by atoms with Crippen molar-refractivity contribution in [3.8, 4) is 0 Å². The van der Waals surface area contributed by atoms with Crippen LogP contribution in [0.1, 0.15) is 50.4 Å². The summed E-state index contributed by atoms with van der Waals surface area (Å²) in [5.74, 6) is 1.53. The Morgan fingerprint density at radius 1 is 1.06 bits per heavy atom. The molecule has 94 valence electrons. The van der Waals surface area contributed by atoms with Gasteiger partial charge in [-0.3, -0.25) is 0 Å². The van der Waals surface area contributed by atoms with Crippen molar-refractivity contribution in [2.75, 3.05) is 5.32 Å². The second-order valence-electron chi connectivity index (χ2n) is 5.34. The van der Waals surface area contributed by atoms with Crippen molar-refractivity contribution in [3.05, 3.63) is 17.5 Å². The molecule has 1 aromatic rings. The van der Waals surface area contributed by atoms with Crippen LogP contribution in [0.5, 0.6) is 0 Å². The molecule has 0 aromatic carbocycles. The lowest BCUT2D eigenvalue weighted by atomic mass is 9.97. The number of nitrogens with zero attached hydrogens (tertiary/aromatic N) is 2. The van der Waals surface area contributed by atoms with Gasteiger partial charge in [0.15, 0.2) is 0 Å². The summed E-state index contributed by atoms with van der Waals surface area (Å²) in [6, 6.07) is 2.56. The molecule has 2 unspecified atom stereocenters. The molecule has 0 amide bonds. The van der Waals surface area contributed by atoms with Gasteiger partial charge in [0.05, 0.1) is 0 Å². The highest BCUT2D eigenvalue weighted by atomic mass is 15.1. The van der Waals surface area contributed by atoms with Gasteiger partial charge >= 0.3 is 0 Å². The first-order valence-electron chi connectivity index (χ1n) is 6.74. The van der Waals surface area contributed by atoms with Crippen molar-refractivity contribution in [2.45, 2.75) is 58.9 Å². The minimum atomic E-state index is 0.540. The molecule has 0 spiro atoms. The monoisotopic (exact) mass is 233 g/mol. The number of aromatic nitrogens is 2. The van der Waals surface area contributed by atoms with E-state index in [0.29, 0.717) is 6.04 Å². The molecule has 2 rings (SSSR count). The molecule has 3 heteroatoms. The van der Waals surface area contributed by atoms with E-state index < -0.39 is 0 Å². The van der Waals surface area contributed by atoms with Crippen LogP contribution in [-0.2, 0) is 0 Å². The van der Waals surface area contributed by atoms with Gasteiger partial charge in [-0.05, 0) is 38.7 Å². The summed E-state index contributed by atoms with van der Waals surface area (Å²) < 4.78 is 0. The number of aryl methyl sites for hydroxylation is 2. The minimum Gasteiger partial charge on any atom is -0.351 e. The second-order valence-corrected chi connectivity index (χ2v) is 5.34. The Labute approximate surface area is 104 Å². The van der Waals surface area contributed by atoms with Crippen LogP contribution < -0.4 is 5.32 Å². The Morgan fingerprint density at radius 2 is 1.71 bits per heavy atom. The van der Waals surface area contributed by atoms with Crippen molar-refractivity contribution in [1.29, 1.82) is 0 Å². The van der Waals surface area contributed by atoms with Gasteiger partial charge in [0.1, 0.15) is 0 Å². The van der Waals surface area contributed by atoms with E-state index in [4.69, 9.17) is 0 Å². The standard InChI is InChI=1S/C14H23N3/c1-10-7-5-4-6-8-13(10)17-14-15-11(2)9-12(3)16-14/h9-10,13H,4-8H2,1-3H3,(H,15,16,17). The highest BCUT2D eigenvalue weighted by Gasteiger charge is 2.20. The quantitative estimate of drug-likeness (QED) is 0.795. The summed E-state index contributed by atoms with van der Waals surface area (Å²) in [5, 5.41) is 3.53. The third kappa shape index (κ3) is 3.42. The maximum absolute atomic E-state index is 4.47. The van der Waals surface area contributed by atoms with Gasteiger partial charge in [-0.1, -0.05) is 26.2 Å². The molecule has 0 bridgehead atoms. The fourth-order valence-electron chi connectivity index (χ4n) is 2.66. The minimum absolute atomic E-state index is 0.540. The molecule has 1 fully saturated rings. The van der Waals surface area contributed by atoms with Crippen LogP contribution in [-0.4, -0.2) is 16.0 Å². The zero-order valence-electron chi connectivity index (χ0n) is 11.2. The number of anilines is 1. The Balaban J connectivity index is 2.07. The number of hydrogen-bond acceptors (Lipinski definition) is 3. The van der Waals surface area contributed by atoms with Crippen LogP contribution in [0.2, 0.25) is 0 Å². The highest BCUT2D eigenvalue weighted by molar-refractivity contribution is 5.29. The van der Waals surface area contributed by atoms with Crippen LogP contribution in [0.25, 0.3) is 0 Å². The van der Waals surface area contributed by atoms with E-state index in [1.807, 2.05) is 19.9 Å². The highest BCUT2D eigenvalue weighted by Crippen LogP contribution is 2.25. The molecule has 1 aliphatic rings. The van der Waals surface area contributed by atoms with Crippen molar-refractivity contribution in [3.63, 3.8) is 0 Å². The average Bonchev–Trinajstić information content (AvgIpc) is 2.43. The van der Waals surface area contributed by atoms with Crippen molar-refractivity contribution in [1.82, 2.24) is 9.97 Å². The summed E-state index contributed by atoms with van der Waals surface area (Å²) in [4.78, 5) is 8.94. The van der Waals surface area contributed by atoms with Crippen LogP contribution in [0.3, 0.4) is 0 Å². The van der Waals surface area contributed by atoms with Gasteiger partial charge in [-0.25, -0.2) is 9.97 Å². The smallest absolute Gasteiger partial charge is 0.223 e. The fraction of sp³-hybridized carbons (Fsp3) is 0.714. The van der Waals surface area contributed by atoms with E-state index >= 15 is 0 Å². The molecule has 1 heterocycles. The Hall–Kier alpha value is -1.12. The molecule has 1 aromatic heterocycles. The van der Waals surface area contributed by atoms with Gasteiger partial charge in [0.2, 0.25) is 5.95 Å². The molecule has 0 saturated heterocycles. The van der Waals surface area contributed by atoms with Crippen LogP contribution in [0.15, 0.2) is 6.07 Å². The van der Waals surface area contributed by atoms with E-state index in [-0.39, 0.29) is 0 Å². The molecule has 1 aliphatic carbocycles. The molecule has 1 N–H and O–H groups in total. The first-order chi connectivity index (χ1) is 8.15.